The van der Waals surface area contributed by atoms with E-state index < -0.39 is 36.1 Å². The third kappa shape index (κ3) is 3.53. The second kappa shape index (κ2) is 7.59. The number of nitrogens with two attached hydrogens (primary N) is 2. The summed E-state index contributed by atoms with van der Waals surface area (Å²) in [5.74, 6) is 1.83. The van der Waals surface area contributed by atoms with Crippen LogP contribution in [0.25, 0.3) is 11.0 Å². The van der Waals surface area contributed by atoms with Crippen molar-refractivity contribution in [3.8, 4) is 12.3 Å². The lowest BCUT2D eigenvalue weighted by Crippen LogP contribution is -2.42. The van der Waals surface area contributed by atoms with E-state index in [9.17, 15) is 9.90 Å². The predicted molar refractivity (Wildman–Crippen MR) is 103 cm³/mol. The number of nitrogens with zero attached hydrogens (tertiary/aromatic N) is 3. The zero-order chi connectivity index (χ0) is 21.5. The van der Waals surface area contributed by atoms with Crippen molar-refractivity contribution in [1.82, 2.24) is 14.5 Å². The van der Waals surface area contributed by atoms with Crippen molar-refractivity contribution in [3.63, 3.8) is 0 Å². The molecule has 1 aliphatic heterocycles. The Kier molecular flexibility index (Phi) is 5.49. The maximum absolute atomic E-state index is 15.5. The molecule has 9 nitrogen and oxygen atoms in total. The molecule has 0 amide bonds. The summed E-state index contributed by atoms with van der Waals surface area (Å²) in [5, 5.41) is 10.9. The number of aliphatic hydroxyl groups excluding tert-OH is 1. The number of nitrogen functional groups attached to an aromatic ring is 1. The Bertz CT molecular complexity index is 967. The van der Waals surface area contributed by atoms with Gasteiger partial charge in [-0.15, -0.1) is 6.42 Å². The van der Waals surface area contributed by atoms with E-state index in [1.165, 1.54) is 24.0 Å². The molecule has 1 unspecified atom stereocenters. The monoisotopic (exact) mass is 405 g/mol. The van der Waals surface area contributed by atoms with Crippen LogP contribution in [0.2, 0.25) is 0 Å². The number of terminal acetylenes is 1. The van der Waals surface area contributed by atoms with Crippen LogP contribution in [0.15, 0.2) is 12.5 Å². The van der Waals surface area contributed by atoms with E-state index in [4.69, 9.17) is 27.4 Å². The Labute approximate surface area is 167 Å². The summed E-state index contributed by atoms with van der Waals surface area (Å²) < 4.78 is 27.7. The first-order valence-corrected chi connectivity index (χ1v) is 9.11. The topological polar surface area (TPSA) is 139 Å². The van der Waals surface area contributed by atoms with E-state index >= 15 is 4.39 Å². The third-order valence-corrected chi connectivity index (χ3v) is 5.14. The summed E-state index contributed by atoms with van der Waals surface area (Å²) in [5.41, 5.74) is 10.0. The van der Waals surface area contributed by atoms with E-state index in [0.29, 0.717) is 10.9 Å². The minimum Gasteiger partial charge on any atom is -0.462 e. The first kappa shape index (κ1) is 21.0. The smallest absolute Gasteiger partial charge is 0.323 e. The van der Waals surface area contributed by atoms with Crippen molar-refractivity contribution in [2.75, 3.05) is 12.3 Å². The lowest BCUT2D eigenvalue weighted by atomic mass is 9.98. The first-order valence-electron chi connectivity index (χ1n) is 9.11. The molecule has 1 fully saturated rings. The Hall–Kier alpha value is -2.74. The van der Waals surface area contributed by atoms with Crippen LogP contribution in [0.4, 0.5) is 10.2 Å². The van der Waals surface area contributed by atoms with Crippen LogP contribution in [0.3, 0.4) is 0 Å². The molecule has 1 aliphatic rings. The van der Waals surface area contributed by atoms with Gasteiger partial charge in [0.05, 0.1) is 10.9 Å². The average Bonchev–Trinajstić information content (AvgIpc) is 3.15. The summed E-state index contributed by atoms with van der Waals surface area (Å²) >= 11 is 0. The zero-order valence-electron chi connectivity index (χ0n) is 16.4. The van der Waals surface area contributed by atoms with Gasteiger partial charge in [0.2, 0.25) is 0 Å². The van der Waals surface area contributed by atoms with E-state index in [2.05, 4.69) is 15.9 Å². The lowest BCUT2D eigenvalue weighted by molar-refractivity contribution is -0.152. The molecule has 3 rings (SSSR count). The summed E-state index contributed by atoms with van der Waals surface area (Å²) in [4.78, 5) is 20.0. The van der Waals surface area contributed by atoms with Crippen LogP contribution in [-0.4, -0.2) is 56.1 Å². The number of fused-ring (bicyclic) bond motifs is 1. The van der Waals surface area contributed by atoms with Crippen LogP contribution in [0, 0.1) is 18.3 Å². The number of carbonyl (C=O) groups excluding carboxylic acids is 1. The molecule has 0 aliphatic carbocycles. The van der Waals surface area contributed by atoms with Crippen LogP contribution in [-0.2, 0) is 14.3 Å². The minimum absolute atomic E-state index is 0.130. The van der Waals surface area contributed by atoms with Gasteiger partial charge in [0, 0.05) is 6.20 Å². The van der Waals surface area contributed by atoms with Crippen LogP contribution in [0.1, 0.15) is 32.6 Å². The minimum atomic E-state index is -2.23. The van der Waals surface area contributed by atoms with Crippen molar-refractivity contribution in [3.05, 3.63) is 18.1 Å². The van der Waals surface area contributed by atoms with Gasteiger partial charge in [0.25, 0.3) is 0 Å². The Morgan fingerprint density at radius 1 is 1.55 bits per heavy atom. The van der Waals surface area contributed by atoms with Crippen molar-refractivity contribution in [2.24, 2.45) is 11.7 Å². The molecule has 10 heteroatoms. The van der Waals surface area contributed by atoms with Gasteiger partial charge in [-0.3, -0.25) is 4.79 Å². The van der Waals surface area contributed by atoms with Crippen molar-refractivity contribution >= 4 is 22.8 Å². The van der Waals surface area contributed by atoms with E-state index in [1.54, 1.807) is 13.8 Å². The predicted octanol–water partition coefficient (Wildman–Crippen LogP) is 0.508. The van der Waals surface area contributed by atoms with Gasteiger partial charge >= 0.3 is 5.97 Å². The highest BCUT2D eigenvalue weighted by Gasteiger charge is 2.55. The number of halogens is 1. The van der Waals surface area contributed by atoms with Crippen molar-refractivity contribution in [2.45, 2.75) is 50.9 Å². The van der Waals surface area contributed by atoms with Crippen LogP contribution < -0.4 is 11.5 Å². The lowest BCUT2D eigenvalue weighted by Gasteiger charge is -2.25. The van der Waals surface area contributed by atoms with E-state index in [-0.39, 0.29) is 24.0 Å². The molecule has 1 saturated heterocycles. The SMILES string of the molecule is C#Cc1cn([C@@H]2O[C@H](COC(=O)C(N)C(C)C)[C@@H](O)[C@]2(C)F)c2ncnc(N)c12. The van der Waals surface area contributed by atoms with Crippen LogP contribution >= 0.6 is 0 Å². The molecule has 156 valence electrons. The molecule has 0 saturated carbocycles. The number of ether oxygens (including phenoxy) is 2. The quantitative estimate of drug-likeness (QED) is 0.483. The number of rotatable bonds is 5. The fourth-order valence-corrected chi connectivity index (χ4v) is 3.28. The van der Waals surface area contributed by atoms with Crippen molar-refractivity contribution < 1.29 is 23.8 Å². The largest absolute Gasteiger partial charge is 0.462 e. The highest BCUT2D eigenvalue weighted by molar-refractivity contribution is 5.92. The number of esters is 1. The molecule has 5 N–H and O–H groups in total. The molecule has 0 spiro atoms. The number of carbonyl (C=O) groups is 1. The van der Waals surface area contributed by atoms with Crippen molar-refractivity contribution in [1.29, 1.82) is 0 Å². The normalized spacial score (nSPS) is 27.9. The van der Waals surface area contributed by atoms with Gasteiger partial charge in [-0.2, -0.15) is 0 Å². The van der Waals surface area contributed by atoms with Crippen LogP contribution in [0.5, 0.6) is 0 Å². The molecular weight excluding hydrogens is 381 g/mol. The number of hydrogen-bond acceptors (Lipinski definition) is 8. The highest BCUT2D eigenvalue weighted by Crippen LogP contribution is 2.43. The number of hydrogen-bond donors (Lipinski definition) is 3. The maximum atomic E-state index is 15.5. The summed E-state index contributed by atoms with van der Waals surface area (Å²) in [6, 6.07) is -0.827. The molecule has 0 bridgehead atoms. The standard InChI is InChI=1S/C19H24FN5O4/c1-5-10-6-25(16-12(10)15(22)23-8-24-16)18-19(4,20)14(26)11(29-18)7-28-17(27)13(21)9(2)3/h1,6,8-9,11,13-14,18,26H,7,21H2,2-4H3,(H2,22,23,24)/t11-,13?,14-,18-,19+/m1/s1. The van der Waals surface area contributed by atoms with Gasteiger partial charge in [0.1, 0.15) is 42.6 Å². The Morgan fingerprint density at radius 2 is 2.24 bits per heavy atom. The first-order chi connectivity index (χ1) is 13.6. The summed E-state index contributed by atoms with van der Waals surface area (Å²) in [6.07, 6.45) is 4.26. The molecule has 2 aromatic rings. The van der Waals surface area contributed by atoms with Gasteiger partial charge in [0.15, 0.2) is 11.9 Å². The highest BCUT2D eigenvalue weighted by atomic mass is 19.1. The fraction of sp³-hybridized carbons (Fsp3) is 0.526. The molecule has 0 radical (unpaired) electrons. The molecular formula is C19H24FN5O4. The summed E-state index contributed by atoms with van der Waals surface area (Å²) in [7, 11) is 0. The fourth-order valence-electron chi connectivity index (χ4n) is 3.28. The number of alkyl halides is 1. The van der Waals surface area contributed by atoms with Gasteiger partial charge in [-0.1, -0.05) is 19.8 Å². The van der Waals surface area contributed by atoms with E-state index in [0.717, 1.165) is 0 Å². The maximum Gasteiger partial charge on any atom is 0.323 e. The van der Waals surface area contributed by atoms with Gasteiger partial charge in [-0.05, 0) is 12.8 Å². The van der Waals surface area contributed by atoms with Gasteiger partial charge in [-0.25, -0.2) is 14.4 Å². The second-order valence-corrected chi connectivity index (χ2v) is 7.57. The third-order valence-electron chi connectivity index (χ3n) is 5.14. The molecule has 29 heavy (non-hydrogen) atoms. The van der Waals surface area contributed by atoms with E-state index in [1.807, 2.05) is 0 Å². The molecule has 3 heterocycles. The Balaban J connectivity index is 1.89. The van der Waals surface area contributed by atoms with Gasteiger partial charge < -0.3 is 30.6 Å². The second-order valence-electron chi connectivity index (χ2n) is 7.57. The average molecular weight is 405 g/mol. The molecule has 5 atom stereocenters. The Morgan fingerprint density at radius 3 is 2.86 bits per heavy atom. The number of anilines is 1. The molecule has 2 aromatic heterocycles. The number of aromatic nitrogens is 3. The molecule has 0 aromatic carbocycles. The zero-order valence-corrected chi connectivity index (χ0v) is 16.4. The summed E-state index contributed by atoms with van der Waals surface area (Å²) in [6.45, 7) is 4.38. The number of aliphatic hydroxyl groups is 1.